The Bertz CT molecular complexity index is 1040. The van der Waals surface area contributed by atoms with Crippen LogP contribution in [-0.4, -0.2) is 21.7 Å². The number of ether oxygens (including phenoxy) is 1. The number of carboxylic acids is 1. The fraction of sp³-hybridized carbons (Fsp3) is 0.273. The van der Waals surface area contributed by atoms with Crippen LogP contribution in [-0.2, 0) is 9.53 Å². The fourth-order valence-corrected chi connectivity index (χ4v) is 3.80. The molecule has 1 heterocycles. The second-order valence-electron chi connectivity index (χ2n) is 7.58. The summed E-state index contributed by atoms with van der Waals surface area (Å²) < 4.78 is 6.80. The summed E-state index contributed by atoms with van der Waals surface area (Å²) >= 11 is 9.63. The lowest BCUT2D eigenvalue weighted by atomic mass is 9.91. The van der Waals surface area contributed by atoms with E-state index in [2.05, 4.69) is 15.9 Å². The van der Waals surface area contributed by atoms with E-state index in [4.69, 9.17) is 21.3 Å². The number of hydrogen-bond acceptors (Lipinski definition) is 3. The predicted molar refractivity (Wildman–Crippen MR) is 116 cm³/mol. The van der Waals surface area contributed by atoms with Crippen LogP contribution in [0.1, 0.15) is 38.1 Å². The Balaban J connectivity index is 2.41. The molecule has 1 unspecified atom stereocenters. The molecule has 0 fully saturated rings. The van der Waals surface area contributed by atoms with Gasteiger partial charge in [0.05, 0.1) is 11.1 Å². The number of aryl methyl sites for hydroxylation is 1. The first-order valence-electron chi connectivity index (χ1n) is 8.84. The molecule has 0 spiro atoms. The molecule has 0 bridgehead atoms. The Morgan fingerprint density at radius 3 is 2.39 bits per heavy atom. The molecule has 1 atom stereocenters. The van der Waals surface area contributed by atoms with Crippen LogP contribution in [0, 0.1) is 6.92 Å². The van der Waals surface area contributed by atoms with Crippen LogP contribution in [0.4, 0.5) is 0 Å². The zero-order valence-corrected chi connectivity index (χ0v) is 18.4. The molecule has 4 nitrogen and oxygen atoms in total. The standard InChI is InChI=1S/C22H21BrClNO3/c1-12-17(20(21(26)27)28-22(2,3)4)18(13-8-10-14(24)11-9-13)15-6-5-7-16(23)19(15)25-12/h5-11,20H,1-4H3,(H,26,27). The average Bonchev–Trinajstić information content (AvgIpc) is 2.60. The molecule has 1 aromatic heterocycles. The smallest absolute Gasteiger partial charge is 0.337 e. The molecule has 28 heavy (non-hydrogen) atoms. The molecule has 6 heteroatoms. The summed E-state index contributed by atoms with van der Waals surface area (Å²) in [5.41, 5.74) is 2.94. The topological polar surface area (TPSA) is 59.4 Å². The van der Waals surface area contributed by atoms with Gasteiger partial charge in [-0.05, 0) is 73.0 Å². The van der Waals surface area contributed by atoms with Gasteiger partial charge in [-0.25, -0.2) is 4.79 Å². The molecular formula is C22H21BrClNO3. The maximum atomic E-state index is 12.2. The summed E-state index contributed by atoms with van der Waals surface area (Å²) in [7, 11) is 0. The van der Waals surface area contributed by atoms with Gasteiger partial charge >= 0.3 is 5.97 Å². The molecule has 0 saturated heterocycles. The van der Waals surface area contributed by atoms with Gasteiger partial charge in [-0.3, -0.25) is 4.98 Å². The van der Waals surface area contributed by atoms with Crippen LogP contribution in [0.15, 0.2) is 46.9 Å². The van der Waals surface area contributed by atoms with Gasteiger partial charge in [-0.1, -0.05) is 35.9 Å². The highest BCUT2D eigenvalue weighted by Gasteiger charge is 2.32. The first-order valence-corrected chi connectivity index (χ1v) is 10.0. The summed E-state index contributed by atoms with van der Waals surface area (Å²) in [5.74, 6) is -1.05. The minimum absolute atomic E-state index is 0.551. The first kappa shape index (κ1) is 20.8. The molecule has 0 aliphatic carbocycles. The molecule has 0 aliphatic rings. The highest BCUT2D eigenvalue weighted by Crippen LogP contribution is 2.40. The van der Waals surface area contributed by atoms with Crippen molar-refractivity contribution in [2.45, 2.75) is 39.4 Å². The molecular weight excluding hydrogens is 442 g/mol. The maximum absolute atomic E-state index is 12.2. The van der Waals surface area contributed by atoms with Crippen molar-refractivity contribution in [2.24, 2.45) is 0 Å². The summed E-state index contributed by atoms with van der Waals surface area (Å²) in [4.78, 5) is 16.9. The Morgan fingerprint density at radius 2 is 1.82 bits per heavy atom. The SMILES string of the molecule is Cc1nc2c(Br)cccc2c(-c2ccc(Cl)cc2)c1C(OC(C)(C)C)C(=O)O. The van der Waals surface area contributed by atoms with Crippen molar-refractivity contribution < 1.29 is 14.6 Å². The quantitative estimate of drug-likeness (QED) is 0.476. The lowest BCUT2D eigenvalue weighted by molar-refractivity contribution is -0.160. The highest BCUT2D eigenvalue weighted by molar-refractivity contribution is 9.10. The fourth-order valence-electron chi connectivity index (χ4n) is 3.22. The monoisotopic (exact) mass is 461 g/mol. The number of rotatable bonds is 4. The normalized spacial score (nSPS) is 12.9. The Kier molecular flexibility index (Phi) is 5.80. The number of aliphatic carboxylic acids is 1. The number of carbonyl (C=O) groups is 1. The predicted octanol–water partition coefficient (Wildman–Crippen LogP) is 6.57. The minimum atomic E-state index is -1.15. The van der Waals surface area contributed by atoms with E-state index in [1.807, 2.05) is 58.0 Å². The first-order chi connectivity index (χ1) is 13.1. The van der Waals surface area contributed by atoms with Crippen molar-refractivity contribution in [3.63, 3.8) is 0 Å². The number of halogens is 2. The van der Waals surface area contributed by atoms with Crippen molar-refractivity contribution in [3.05, 3.63) is 63.2 Å². The van der Waals surface area contributed by atoms with Crippen LogP contribution < -0.4 is 0 Å². The number of para-hydroxylation sites is 1. The second kappa shape index (κ2) is 7.82. The number of hydrogen-bond donors (Lipinski definition) is 1. The van der Waals surface area contributed by atoms with Gasteiger partial charge in [0, 0.05) is 26.1 Å². The van der Waals surface area contributed by atoms with Gasteiger partial charge in [-0.15, -0.1) is 0 Å². The summed E-state index contributed by atoms with van der Waals surface area (Å²) in [6.45, 7) is 7.33. The Labute approximate surface area is 177 Å². The molecule has 2 aromatic carbocycles. The van der Waals surface area contributed by atoms with Gasteiger partial charge in [0.1, 0.15) is 0 Å². The largest absolute Gasteiger partial charge is 0.479 e. The number of benzene rings is 2. The number of carboxylic acid groups (broad SMARTS) is 1. The van der Waals surface area contributed by atoms with Gasteiger partial charge in [0.15, 0.2) is 6.10 Å². The molecule has 3 rings (SSSR count). The number of nitrogens with zero attached hydrogens (tertiary/aromatic N) is 1. The van der Waals surface area contributed by atoms with E-state index >= 15 is 0 Å². The third-order valence-corrected chi connectivity index (χ3v) is 5.18. The lowest BCUT2D eigenvalue weighted by Crippen LogP contribution is -2.28. The van der Waals surface area contributed by atoms with E-state index in [-0.39, 0.29) is 0 Å². The highest BCUT2D eigenvalue weighted by atomic mass is 79.9. The second-order valence-corrected chi connectivity index (χ2v) is 8.87. The van der Waals surface area contributed by atoms with Crippen LogP contribution in [0.5, 0.6) is 0 Å². The van der Waals surface area contributed by atoms with Gasteiger partial charge in [0.2, 0.25) is 0 Å². The summed E-state index contributed by atoms with van der Waals surface area (Å²) in [6.07, 6.45) is -1.15. The van der Waals surface area contributed by atoms with Crippen molar-refractivity contribution in [3.8, 4) is 11.1 Å². The van der Waals surface area contributed by atoms with E-state index in [9.17, 15) is 9.90 Å². The van der Waals surface area contributed by atoms with E-state index in [0.29, 0.717) is 16.3 Å². The summed E-state index contributed by atoms with van der Waals surface area (Å²) in [5, 5.41) is 11.4. The Morgan fingerprint density at radius 1 is 1.18 bits per heavy atom. The van der Waals surface area contributed by atoms with E-state index < -0.39 is 17.7 Å². The minimum Gasteiger partial charge on any atom is -0.479 e. The van der Waals surface area contributed by atoms with Crippen molar-refractivity contribution in [1.82, 2.24) is 4.98 Å². The van der Waals surface area contributed by atoms with Gasteiger partial charge < -0.3 is 9.84 Å². The molecule has 1 N–H and O–H groups in total. The van der Waals surface area contributed by atoms with E-state index in [1.165, 1.54) is 0 Å². The molecule has 0 aliphatic heterocycles. The zero-order chi connectivity index (χ0) is 20.6. The third-order valence-electron chi connectivity index (χ3n) is 4.29. The van der Waals surface area contributed by atoms with Crippen LogP contribution in [0.3, 0.4) is 0 Å². The third kappa shape index (κ3) is 4.22. The number of fused-ring (bicyclic) bond motifs is 1. The van der Waals surface area contributed by atoms with Gasteiger partial charge in [0.25, 0.3) is 0 Å². The van der Waals surface area contributed by atoms with Crippen LogP contribution >= 0.6 is 27.5 Å². The molecule has 0 radical (unpaired) electrons. The van der Waals surface area contributed by atoms with Crippen molar-refractivity contribution >= 4 is 44.4 Å². The molecule has 0 amide bonds. The molecule has 3 aromatic rings. The van der Waals surface area contributed by atoms with E-state index in [1.54, 1.807) is 12.1 Å². The average molecular weight is 463 g/mol. The van der Waals surface area contributed by atoms with Crippen LogP contribution in [0.25, 0.3) is 22.0 Å². The van der Waals surface area contributed by atoms with Crippen molar-refractivity contribution in [2.75, 3.05) is 0 Å². The number of aromatic nitrogens is 1. The maximum Gasteiger partial charge on any atom is 0.337 e. The van der Waals surface area contributed by atoms with Gasteiger partial charge in [-0.2, -0.15) is 0 Å². The van der Waals surface area contributed by atoms with E-state index in [0.717, 1.165) is 26.5 Å². The zero-order valence-electron chi connectivity index (χ0n) is 16.1. The lowest BCUT2D eigenvalue weighted by Gasteiger charge is -2.28. The molecule has 146 valence electrons. The van der Waals surface area contributed by atoms with Crippen molar-refractivity contribution in [1.29, 1.82) is 0 Å². The Hall–Kier alpha value is -1.95. The van der Waals surface area contributed by atoms with Crippen LogP contribution in [0.2, 0.25) is 5.02 Å². The summed E-state index contributed by atoms with van der Waals surface area (Å²) in [6, 6.07) is 13.1. The molecule has 0 saturated carbocycles. The number of pyridine rings is 1.